The van der Waals surface area contributed by atoms with E-state index in [1.165, 1.54) is 18.9 Å². The third-order valence-corrected chi connectivity index (χ3v) is 6.36. The van der Waals surface area contributed by atoms with Gasteiger partial charge in [-0.25, -0.2) is 9.59 Å². The van der Waals surface area contributed by atoms with Crippen molar-refractivity contribution in [3.63, 3.8) is 0 Å². The Hall–Kier alpha value is -3.25. The number of alkyl halides is 6. The van der Waals surface area contributed by atoms with E-state index in [1.807, 2.05) is 0 Å². The SMILES string of the molecule is CCc1c(OCCCCN2C(=O)N(C)C(C)(C)C2=O)c(CC(F)(F)F)cc2c(C(F)(F)F)cc(=O)oc12. The van der Waals surface area contributed by atoms with Crippen molar-refractivity contribution in [1.29, 1.82) is 0 Å². The predicted molar refractivity (Wildman–Crippen MR) is 120 cm³/mol. The van der Waals surface area contributed by atoms with Gasteiger partial charge in [-0.15, -0.1) is 0 Å². The monoisotopic (exact) mass is 536 g/mol. The number of ether oxygens (including phenoxy) is 1. The zero-order chi connectivity index (χ0) is 27.9. The van der Waals surface area contributed by atoms with Crippen LogP contribution >= 0.6 is 0 Å². The van der Waals surface area contributed by atoms with Gasteiger partial charge in [0.05, 0.1) is 18.6 Å². The molecule has 1 saturated heterocycles. The standard InChI is InChI=1S/C24H26F6N2O5/c1-5-14-18(36-9-7-6-8-32-20(34)22(2,3)31(4)21(32)35)13(12-23(25,26)27)10-15-16(24(28,29)30)11-17(33)37-19(14)15/h10-11H,5-9,12H2,1-4H3. The Morgan fingerprint density at radius 2 is 1.68 bits per heavy atom. The molecular formula is C24H26F6N2O5. The Kier molecular flexibility index (Phi) is 7.58. The topological polar surface area (TPSA) is 80.1 Å². The van der Waals surface area contributed by atoms with Gasteiger partial charge in [0.2, 0.25) is 0 Å². The first kappa shape index (κ1) is 28.3. The first-order valence-corrected chi connectivity index (χ1v) is 11.5. The molecule has 3 rings (SSSR count). The van der Waals surface area contributed by atoms with Gasteiger partial charge in [-0.2, -0.15) is 26.3 Å². The van der Waals surface area contributed by atoms with Crippen LogP contribution in [0.1, 0.15) is 50.3 Å². The van der Waals surface area contributed by atoms with Crippen LogP contribution in [0, 0.1) is 0 Å². The Morgan fingerprint density at radius 3 is 2.19 bits per heavy atom. The zero-order valence-electron chi connectivity index (χ0n) is 20.6. The molecule has 0 bridgehead atoms. The average molecular weight is 536 g/mol. The number of likely N-dealkylation sites (N-methyl/N-ethyl adjacent to an activating group) is 1. The molecule has 1 aromatic carbocycles. The van der Waals surface area contributed by atoms with E-state index in [4.69, 9.17) is 9.15 Å². The number of imide groups is 1. The highest BCUT2D eigenvalue weighted by Crippen LogP contribution is 2.41. The van der Waals surface area contributed by atoms with E-state index < -0.39 is 58.1 Å². The second-order valence-corrected chi connectivity index (χ2v) is 9.26. The van der Waals surface area contributed by atoms with Gasteiger partial charge in [-0.05, 0) is 39.2 Å². The normalized spacial score (nSPS) is 16.3. The summed E-state index contributed by atoms with van der Waals surface area (Å²) in [5.41, 5.74) is -4.78. The quantitative estimate of drug-likeness (QED) is 0.198. The number of urea groups is 1. The minimum Gasteiger partial charge on any atom is -0.493 e. The fourth-order valence-electron chi connectivity index (χ4n) is 4.21. The van der Waals surface area contributed by atoms with Crippen LogP contribution in [0.5, 0.6) is 5.75 Å². The second-order valence-electron chi connectivity index (χ2n) is 9.26. The molecular weight excluding hydrogens is 510 g/mol. The lowest BCUT2D eigenvalue weighted by molar-refractivity contribution is -0.136. The minimum atomic E-state index is -5.00. The molecule has 0 radical (unpaired) electrons. The van der Waals surface area contributed by atoms with Crippen LogP contribution in [0.2, 0.25) is 0 Å². The Morgan fingerprint density at radius 1 is 1.03 bits per heavy atom. The molecule has 204 valence electrons. The number of hydrogen-bond acceptors (Lipinski definition) is 5. The van der Waals surface area contributed by atoms with Crippen LogP contribution in [0.4, 0.5) is 31.1 Å². The molecule has 3 amide bonds. The van der Waals surface area contributed by atoms with Gasteiger partial charge in [0.15, 0.2) is 0 Å². The van der Waals surface area contributed by atoms with Crippen LogP contribution in [-0.4, -0.2) is 53.7 Å². The molecule has 2 aromatic rings. The fraction of sp³-hybridized carbons (Fsp3) is 0.542. The number of aryl methyl sites for hydroxylation is 1. The number of fused-ring (bicyclic) bond motifs is 1. The van der Waals surface area contributed by atoms with Crippen LogP contribution in [0.3, 0.4) is 0 Å². The summed E-state index contributed by atoms with van der Waals surface area (Å²) in [4.78, 5) is 39.0. The molecule has 0 saturated carbocycles. The number of carbonyl (C=O) groups excluding carboxylic acids is 2. The molecule has 37 heavy (non-hydrogen) atoms. The van der Waals surface area contributed by atoms with Crippen molar-refractivity contribution < 1.29 is 45.1 Å². The van der Waals surface area contributed by atoms with Gasteiger partial charge in [-0.3, -0.25) is 9.69 Å². The highest BCUT2D eigenvalue weighted by atomic mass is 19.4. The third kappa shape index (κ3) is 5.69. The molecule has 1 aliphatic heterocycles. The molecule has 0 aliphatic carbocycles. The minimum absolute atomic E-state index is 0.0619. The van der Waals surface area contributed by atoms with Crippen LogP contribution in [0.25, 0.3) is 11.0 Å². The lowest BCUT2D eigenvalue weighted by Gasteiger charge is -2.22. The van der Waals surface area contributed by atoms with Gasteiger partial charge < -0.3 is 14.1 Å². The van der Waals surface area contributed by atoms with Gasteiger partial charge in [0, 0.05) is 36.2 Å². The molecule has 0 spiro atoms. The molecule has 2 heterocycles. The third-order valence-electron chi connectivity index (χ3n) is 6.36. The number of benzene rings is 1. The maximum atomic E-state index is 13.6. The van der Waals surface area contributed by atoms with Crippen LogP contribution in [0.15, 0.2) is 21.3 Å². The number of unbranched alkanes of at least 4 members (excludes halogenated alkanes) is 1. The average Bonchev–Trinajstić information content (AvgIpc) is 2.91. The molecule has 1 aliphatic rings. The van der Waals surface area contributed by atoms with E-state index in [1.54, 1.807) is 13.8 Å². The van der Waals surface area contributed by atoms with Crippen molar-refractivity contribution >= 4 is 22.9 Å². The molecule has 13 heteroatoms. The molecule has 0 N–H and O–H groups in total. The van der Waals surface area contributed by atoms with Crippen molar-refractivity contribution in [3.8, 4) is 5.75 Å². The smallest absolute Gasteiger partial charge is 0.417 e. The summed E-state index contributed by atoms with van der Waals surface area (Å²) in [6.07, 6.45) is -10.9. The number of rotatable bonds is 8. The lowest BCUT2D eigenvalue weighted by Crippen LogP contribution is -2.41. The van der Waals surface area contributed by atoms with E-state index in [9.17, 15) is 40.7 Å². The van der Waals surface area contributed by atoms with Crippen molar-refractivity contribution in [1.82, 2.24) is 9.80 Å². The van der Waals surface area contributed by atoms with E-state index in [0.29, 0.717) is 6.07 Å². The molecule has 0 atom stereocenters. The second kappa shape index (κ2) is 9.90. The maximum Gasteiger partial charge on any atom is 0.417 e. The van der Waals surface area contributed by atoms with Gasteiger partial charge in [0.25, 0.3) is 5.91 Å². The van der Waals surface area contributed by atoms with Crippen molar-refractivity contribution in [2.45, 2.75) is 64.3 Å². The Balaban J connectivity index is 1.89. The van der Waals surface area contributed by atoms with Crippen molar-refractivity contribution in [2.75, 3.05) is 20.2 Å². The summed E-state index contributed by atoms with van der Waals surface area (Å²) >= 11 is 0. The van der Waals surface area contributed by atoms with E-state index in [-0.39, 0.29) is 55.7 Å². The largest absolute Gasteiger partial charge is 0.493 e. The van der Waals surface area contributed by atoms with Gasteiger partial charge in [-0.1, -0.05) is 6.92 Å². The molecule has 7 nitrogen and oxygen atoms in total. The summed E-state index contributed by atoms with van der Waals surface area (Å²) in [7, 11) is 1.50. The van der Waals surface area contributed by atoms with E-state index in [2.05, 4.69) is 0 Å². The number of nitrogens with zero attached hydrogens (tertiary/aromatic N) is 2. The van der Waals surface area contributed by atoms with Crippen molar-refractivity contribution in [3.05, 3.63) is 39.2 Å². The lowest BCUT2D eigenvalue weighted by atomic mass is 9.97. The summed E-state index contributed by atoms with van der Waals surface area (Å²) in [6, 6.07) is 0.434. The van der Waals surface area contributed by atoms with Crippen molar-refractivity contribution in [2.24, 2.45) is 0 Å². The van der Waals surface area contributed by atoms with Crippen LogP contribution in [-0.2, 0) is 23.8 Å². The molecule has 1 fully saturated rings. The number of halogens is 6. The first-order valence-electron chi connectivity index (χ1n) is 11.5. The van der Waals surface area contributed by atoms with Crippen LogP contribution < -0.4 is 10.4 Å². The molecule has 0 unspecified atom stereocenters. The van der Waals surface area contributed by atoms with E-state index in [0.717, 1.165) is 4.90 Å². The highest BCUT2D eigenvalue weighted by molar-refractivity contribution is 6.06. The summed E-state index contributed by atoms with van der Waals surface area (Å²) in [5.74, 6) is -0.685. The van der Waals surface area contributed by atoms with Gasteiger partial charge >= 0.3 is 24.0 Å². The molecule has 1 aromatic heterocycles. The summed E-state index contributed by atoms with van der Waals surface area (Å²) in [5, 5.41) is -0.659. The van der Waals surface area contributed by atoms with Gasteiger partial charge in [0.1, 0.15) is 16.9 Å². The highest BCUT2D eigenvalue weighted by Gasteiger charge is 2.48. The van der Waals surface area contributed by atoms with E-state index >= 15 is 0 Å². The number of carbonyl (C=O) groups is 2. The Bertz CT molecular complexity index is 1270. The predicted octanol–water partition coefficient (Wildman–Crippen LogP) is 5.31. The first-order chi connectivity index (χ1) is 17.0. The fourth-order valence-corrected chi connectivity index (χ4v) is 4.21. The maximum absolute atomic E-state index is 13.6. The Labute approximate surface area is 207 Å². The zero-order valence-corrected chi connectivity index (χ0v) is 20.6. The summed E-state index contributed by atoms with van der Waals surface area (Å²) in [6.45, 7) is 4.61. The summed E-state index contributed by atoms with van der Waals surface area (Å²) < 4.78 is 91.2. The number of hydrogen-bond donors (Lipinski definition) is 0. The number of amides is 3.